The van der Waals surface area contributed by atoms with Crippen LogP contribution in [0.5, 0.6) is 0 Å². The van der Waals surface area contributed by atoms with Gasteiger partial charge in [0.05, 0.1) is 13.2 Å². The van der Waals surface area contributed by atoms with E-state index in [0.717, 1.165) is 19.3 Å². The Morgan fingerprint density at radius 2 is 1.89 bits per heavy atom. The van der Waals surface area contributed by atoms with Crippen molar-refractivity contribution >= 4 is 46.7 Å². The van der Waals surface area contributed by atoms with Crippen molar-refractivity contribution in [3.63, 3.8) is 0 Å². The van der Waals surface area contributed by atoms with E-state index in [4.69, 9.17) is 11.6 Å². The molecule has 0 radical (unpaired) electrons. The van der Waals surface area contributed by atoms with Crippen molar-refractivity contribution in [1.29, 1.82) is 0 Å². The second-order valence-corrected chi connectivity index (χ2v) is 8.65. The molecule has 1 fully saturated rings. The number of hydrogen-bond acceptors (Lipinski definition) is 9. The molecule has 1 aromatic rings. The number of esters is 1. The minimum Gasteiger partial charge on any atom is -0.507 e. The molecule has 12 heteroatoms. The summed E-state index contributed by atoms with van der Waals surface area (Å²) in [7, 11) is 1.06. The van der Waals surface area contributed by atoms with Gasteiger partial charge in [-0.1, -0.05) is 41.9 Å². The van der Waals surface area contributed by atoms with Gasteiger partial charge < -0.3 is 25.6 Å². The molecule has 1 saturated carbocycles. The number of aliphatic imine (C=N–C) groups is 1. The van der Waals surface area contributed by atoms with E-state index in [0.29, 0.717) is 5.56 Å². The van der Waals surface area contributed by atoms with Crippen molar-refractivity contribution in [3.8, 4) is 0 Å². The van der Waals surface area contributed by atoms with E-state index in [-0.39, 0.29) is 22.9 Å². The number of aliphatic hydroxyl groups excluding tert-OH is 1. The molecule has 36 heavy (non-hydrogen) atoms. The number of carboxylic acids is 1. The highest BCUT2D eigenvalue weighted by atomic mass is 35.5. The van der Waals surface area contributed by atoms with Gasteiger partial charge in [-0.05, 0) is 24.1 Å². The van der Waals surface area contributed by atoms with Gasteiger partial charge in [-0.2, -0.15) is 0 Å². The van der Waals surface area contributed by atoms with Crippen LogP contribution in [-0.4, -0.2) is 64.5 Å². The summed E-state index contributed by atoms with van der Waals surface area (Å²) in [6.45, 7) is 0. The fourth-order valence-corrected chi connectivity index (χ4v) is 4.56. The number of carbonyl (C=O) groups is 5. The molecule has 3 aliphatic rings. The van der Waals surface area contributed by atoms with Crippen LogP contribution in [0.25, 0.3) is 0 Å². The molecule has 2 aliphatic carbocycles. The van der Waals surface area contributed by atoms with Crippen LogP contribution >= 0.6 is 11.6 Å². The molecule has 186 valence electrons. The molecule has 1 aromatic carbocycles. The molecule has 0 saturated heterocycles. The second kappa shape index (κ2) is 9.78. The van der Waals surface area contributed by atoms with Crippen LogP contribution in [0.1, 0.15) is 18.0 Å². The third-order valence-corrected chi connectivity index (χ3v) is 6.43. The third kappa shape index (κ3) is 4.40. The summed E-state index contributed by atoms with van der Waals surface area (Å²) in [5.41, 5.74) is -0.893. The van der Waals surface area contributed by atoms with E-state index in [1.54, 1.807) is 30.3 Å². The number of hydrogen-bond donors (Lipinski definition) is 4. The predicted octanol–water partition coefficient (Wildman–Crippen LogP) is 0.873. The van der Waals surface area contributed by atoms with Crippen LogP contribution in [0.15, 0.2) is 69.5 Å². The highest BCUT2D eigenvalue weighted by Gasteiger charge is 2.54. The maximum atomic E-state index is 13.4. The number of carboxylic acid groups (broad SMARTS) is 1. The number of aliphatic carboxylic acids is 1. The van der Waals surface area contributed by atoms with Gasteiger partial charge >= 0.3 is 11.9 Å². The standard InChI is InChI=1S/C24H20ClN3O8/c1-36-24(35)15-13(29)7-8-14(30)19(15)26-16(10-5-3-2-4-6-10)22(32)28-20-17-11(21(20)31)9-12(25)18(27-17)23(33)34/h2-8,11,16-17,20,27,29H,9H2,1H3,(H,28,32)(H,33,34). The minimum absolute atomic E-state index is 0.0150. The summed E-state index contributed by atoms with van der Waals surface area (Å²) in [5, 5.41) is 24.8. The number of halogens is 1. The maximum absolute atomic E-state index is 13.4. The van der Waals surface area contributed by atoms with Gasteiger partial charge in [0.25, 0.3) is 0 Å². The van der Waals surface area contributed by atoms with Crippen LogP contribution in [0.2, 0.25) is 0 Å². The highest BCUT2D eigenvalue weighted by Crippen LogP contribution is 2.37. The first-order valence-corrected chi connectivity index (χ1v) is 11.1. The monoisotopic (exact) mass is 513 g/mol. The van der Waals surface area contributed by atoms with Crippen molar-refractivity contribution in [1.82, 2.24) is 10.6 Å². The summed E-state index contributed by atoms with van der Waals surface area (Å²) >= 11 is 5.99. The summed E-state index contributed by atoms with van der Waals surface area (Å²) < 4.78 is 4.65. The molecule has 4 unspecified atom stereocenters. The van der Waals surface area contributed by atoms with Crippen LogP contribution in [0.3, 0.4) is 0 Å². The molecule has 11 nitrogen and oxygen atoms in total. The van der Waals surface area contributed by atoms with Crippen LogP contribution in [-0.2, 0) is 28.7 Å². The molecule has 0 spiro atoms. The van der Waals surface area contributed by atoms with E-state index in [2.05, 4.69) is 20.4 Å². The Labute approximate surface area is 209 Å². The predicted molar refractivity (Wildman–Crippen MR) is 125 cm³/mol. The third-order valence-electron chi connectivity index (χ3n) is 6.09. The minimum atomic E-state index is -1.39. The molecule has 1 aliphatic heterocycles. The Bertz CT molecular complexity index is 1300. The van der Waals surface area contributed by atoms with Gasteiger partial charge in [0.1, 0.15) is 28.8 Å². The number of amides is 1. The number of allylic oxidation sites excluding steroid dienone is 3. The number of fused-ring (bicyclic) bond motifs is 1. The Hall–Kier alpha value is -4.25. The Morgan fingerprint density at radius 3 is 2.53 bits per heavy atom. The van der Waals surface area contributed by atoms with Gasteiger partial charge in [0.2, 0.25) is 11.7 Å². The fourth-order valence-electron chi connectivity index (χ4n) is 4.26. The van der Waals surface area contributed by atoms with E-state index < -0.39 is 64.7 Å². The first-order valence-electron chi connectivity index (χ1n) is 10.7. The summed E-state index contributed by atoms with van der Waals surface area (Å²) in [6.07, 6.45) is 2.05. The summed E-state index contributed by atoms with van der Waals surface area (Å²) in [4.78, 5) is 66.5. The zero-order valence-electron chi connectivity index (χ0n) is 18.7. The zero-order valence-corrected chi connectivity index (χ0v) is 19.5. The maximum Gasteiger partial charge on any atom is 0.353 e. The van der Waals surface area contributed by atoms with Gasteiger partial charge in [-0.15, -0.1) is 0 Å². The lowest BCUT2D eigenvalue weighted by Crippen LogP contribution is -2.71. The number of Topliss-reactive ketones (excluding diaryl/α,β-unsaturated/α-hetero) is 1. The van der Waals surface area contributed by atoms with Crippen LogP contribution < -0.4 is 10.6 Å². The number of nitrogens with zero attached hydrogens (tertiary/aromatic N) is 1. The van der Waals surface area contributed by atoms with Crippen LogP contribution in [0.4, 0.5) is 0 Å². The first-order chi connectivity index (χ1) is 17.1. The molecule has 4 atom stereocenters. The smallest absolute Gasteiger partial charge is 0.353 e. The van der Waals surface area contributed by atoms with Crippen molar-refractivity contribution in [2.24, 2.45) is 10.9 Å². The number of carbonyl (C=O) groups excluding carboxylic acids is 4. The number of methoxy groups -OCH3 is 1. The molecule has 1 amide bonds. The number of benzene rings is 1. The largest absolute Gasteiger partial charge is 0.507 e. The van der Waals surface area contributed by atoms with Crippen LogP contribution in [0, 0.1) is 5.92 Å². The molecule has 0 bridgehead atoms. The number of rotatable bonds is 6. The summed E-state index contributed by atoms with van der Waals surface area (Å²) in [6, 6.07) is 4.92. The van der Waals surface area contributed by atoms with E-state index in [1.807, 2.05) is 0 Å². The molecule has 1 heterocycles. The Balaban J connectivity index is 1.67. The van der Waals surface area contributed by atoms with Gasteiger partial charge in [-0.3, -0.25) is 19.4 Å². The average molecular weight is 514 g/mol. The van der Waals surface area contributed by atoms with Crippen molar-refractivity contribution in [2.45, 2.75) is 24.5 Å². The lowest BCUT2D eigenvalue weighted by Gasteiger charge is -2.46. The number of aliphatic hydroxyl groups is 1. The molecular weight excluding hydrogens is 494 g/mol. The quantitative estimate of drug-likeness (QED) is 0.318. The van der Waals surface area contributed by atoms with Crippen molar-refractivity contribution < 1.29 is 38.9 Å². The average Bonchev–Trinajstić information content (AvgIpc) is 2.87. The zero-order chi connectivity index (χ0) is 26.1. The number of ketones is 2. The SMILES string of the molecule is COC(=O)C1=C(O)C=CC(=O)C1=NC(C(=O)NC1C(=O)C2CC(Cl)=C(C(=O)O)NC21)c1ccccc1. The van der Waals surface area contributed by atoms with Gasteiger partial charge in [0, 0.05) is 11.0 Å². The van der Waals surface area contributed by atoms with E-state index in [9.17, 15) is 34.2 Å². The first kappa shape index (κ1) is 24.9. The summed E-state index contributed by atoms with van der Waals surface area (Å²) in [5.74, 6) is -5.33. The Kier molecular flexibility index (Phi) is 6.75. The van der Waals surface area contributed by atoms with E-state index in [1.165, 1.54) is 0 Å². The van der Waals surface area contributed by atoms with Crippen molar-refractivity contribution in [2.75, 3.05) is 7.11 Å². The number of ether oxygens (including phenoxy) is 1. The second-order valence-electron chi connectivity index (χ2n) is 8.19. The molecule has 4 N–H and O–H groups in total. The van der Waals surface area contributed by atoms with Gasteiger partial charge in [-0.25, -0.2) is 9.59 Å². The lowest BCUT2D eigenvalue weighted by molar-refractivity contribution is -0.141. The molecule has 4 rings (SSSR count). The molecule has 0 aromatic heterocycles. The van der Waals surface area contributed by atoms with E-state index >= 15 is 0 Å². The lowest BCUT2D eigenvalue weighted by atomic mass is 9.69. The fraction of sp³-hybridized carbons (Fsp3) is 0.250. The topological polar surface area (TPSA) is 171 Å². The number of nitrogens with one attached hydrogen (secondary N) is 2. The van der Waals surface area contributed by atoms with Gasteiger partial charge in [0.15, 0.2) is 11.8 Å². The normalized spacial score (nSPS) is 25.1. The Morgan fingerprint density at radius 1 is 1.19 bits per heavy atom. The van der Waals surface area contributed by atoms with Crippen molar-refractivity contribution in [3.05, 3.63) is 70.1 Å². The highest BCUT2D eigenvalue weighted by molar-refractivity contribution is 6.55. The molecular formula is C24H20ClN3O8.